The fourth-order valence-corrected chi connectivity index (χ4v) is 3.90. The van der Waals surface area contributed by atoms with Crippen LogP contribution in [0.25, 0.3) is 6.08 Å². The summed E-state index contributed by atoms with van der Waals surface area (Å²) in [6, 6.07) is 11.3. The van der Waals surface area contributed by atoms with Crippen molar-refractivity contribution in [3.05, 3.63) is 68.0 Å². The number of aryl methyl sites for hydroxylation is 1. The number of hydrogen-bond acceptors (Lipinski definition) is 4. The molecular formula is C19H15Cl2NO3S. The molecule has 3 rings (SSSR count). The van der Waals surface area contributed by atoms with Gasteiger partial charge < -0.3 is 4.74 Å². The van der Waals surface area contributed by atoms with Crippen LogP contribution in [0.4, 0.5) is 4.79 Å². The first kappa shape index (κ1) is 18.8. The topological polar surface area (TPSA) is 46.6 Å². The molecule has 0 saturated carbocycles. The Labute approximate surface area is 165 Å². The van der Waals surface area contributed by atoms with E-state index >= 15 is 0 Å². The number of halogens is 2. The summed E-state index contributed by atoms with van der Waals surface area (Å²) in [5.41, 5.74) is 2.78. The number of likely N-dealkylation sites (N-methyl/N-ethyl adjacent to an activating group) is 1. The van der Waals surface area contributed by atoms with Gasteiger partial charge in [-0.05, 0) is 48.0 Å². The van der Waals surface area contributed by atoms with E-state index in [1.807, 2.05) is 31.2 Å². The first-order valence-corrected chi connectivity index (χ1v) is 9.31. The molecule has 4 nitrogen and oxygen atoms in total. The van der Waals surface area contributed by atoms with Gasteiger partial charge in [0.1, 0.15) is 6.61 Å². The van der Waals surface area contributed by atoms with E-state index < -0.39 is 0 Å². The van der Waals surface area contributed by atoms with E-state index in [4.69, 9.17) is 27.9 Å². The molecule has 1 aliphatic rings. The Hall–Kier alpha value is -1.95. The van der Waals surface area contributed by atoms with Gasteiger partial charge in [0, 0.05) is 7.05 Å². The Morgan fingerprint density at radius 2 is 1.85 bits per heavy atom. The number of imide groups is 1. The van der Waals surface area contributed by atoms with Crippen molar-refractivity contribution in [1.82, 2.24) is 4.90 Å². The number of thioether (sulfide) groups is 1. The highest BCUT2D eigenvalue weighted by molar-refractivity contribution is 8.18. The molecule has 2 amide bonds. The van der Waals surface area contributed by atoms with Gasteiger partial charge in [-0.2, -0.15) is 0 Å². The molecule has 2 aromatic carbocycles. The van der Waals surface area contributed by atoms with E-state index in [-0.39, 0.29) is 11.1 Å². The Balaban J connectivity index is 1.80. The summed E-state index contributed by atoms with van der Waals surface area (Å²) in [6.07, 6.45) is 1.59. The first-order chi connectivity index (χ1) is 12.3. The quantitative estimate of drug-likeness (QED) is 0.623. The van der Waals surface area contributed by atoms with Crippen LogP contribution in [0, 0.1) is 6.92 Å². The zero-order valence-electron chi connectivity index (χ0n) is 14.1. The number of amides is 2. The van der Waals surface area contributed by atoms with Crippen molar-refractivity contribution in [3.8, 4) is 5.75 Å². The number of rotatable bonds is 4. The predicted molar refractivity (Wildman–Crippen MR) is 106 cm³/mol. The smallest absolute Gasteiger partial charge is 0.293 e. The lowest BCUT2D eigenvalue weighted by atomic mass is 10.1. The summed E-state index contributed by atoms with van der Waals surface area (Å²) in [5.74, 6) is 0.0441. The van der Waals surface area contributed by atoms with Crippen LogP contribution in [0.2, 0.25) is 10.0 Å². The van der Waals surface area contributed by atoms with Gasteiger partial charge in [0.2, 0.25) is 0 Å². The third kappa shape index (κ3) is 4.06. The summed E-state index contributed by atoms with van der Waals surface area (Å²) < 4.78 is 5.77. The highest BCUT2D eigenvalue weighted by Gasteiger charge is 2.31. The third-order valence-electron chi connectivity index (χ3n) is 3.77. The molecule has 0 N–H and O–H groups in total. The molecule has 1 fully saturated rings. The Morgan fingerprint density at radius 3 is 2.42 bits per heavy atom. The van der Waals surface area contributed by atoms with Crippen LogP contribution in [-0.4, -0.2) is 23.1 Å². The molecule has 0 bridgehead atoms. The summed E-state index contributed by atoms with van der Waals surface area (Å²) in [6.45, 7) is 2.35. The van der Waals surface area contributed by atoms with Gasteiger partial charge in [-0.15, -0.1) is 0 Å². The van der Waals surface area contributed by atoms with Crippen LogP contribution in [0.5, 0.6) is 5.75 Å². The number of ether oxygens (including phenoxy) is 1. The molecule has 1 heterocycles. The van der Waals surface area contributed by atoms with Gasteiger partial charge in [-0.1, -0.05) is 53.0 Å². The van der Waals surface area contributed by atoms with Crippen LogP contribution in [0.1, 0.15) is 16.7 Å². The Bertz CT molecular complexity index is 904. The summed E-state index contributed by atoms with van der Waals surface area (Å²) in [4.78, 5) is 24.9. The SMILES string of the molecule is Cc1cccc(COc2c(Cl)cc(/C=C3\SC(=O)N(C)C3=O)cc2Cl)c1. The third-order valence-corrected chi connectivity index (χ3v) is 5.29. The predicted octanol–water partition coefficient (Wildman–Crippen LogP) is 5.55. The fraction of sp³-hybridized carbons (Fsp3) is 0.158. The van der Waals surface area contributed by atoms with Gasteiger partial charge in [0.15, 0.2) is 5.75 Å². The monoisotopic (exact) mass is 407 g/mol. The minimum Gasteiger partial charge on any atom is -0.486 e. The van der Waals surface area contributed by atoms with Gasteiger partial charge in [0.05, 0.1) is 15.0 Å². The number of hydrogen-bond donors (Lipinski definition) is 0. The molecular weight excluding hydrogens is 393 g/mol. The minimum absolute atomic E-state index is 0.309. The van der Waals surface area contributed by atoms with Crippen molar-refractivity contribution in [2.24, 2.45) is 0 Å². The normalized spacial score (nSPS) is 15.8. The van der Waals surface area contributed by atoms with E-state index in [1.54, 1.807) is 18.2 Å². The molecule has 0 aromatic heterocycles. The van der Waals surface area contributed by atoms with E-state index in [2.05, 4.69) is 0 Å². The maximum Gasteiger partial charge on any atom is 0.293 e. The number of benzene rings is 2. The van der Waals surface area contributed by atoms with E-state index in [9.17, 15) is 9.59 Å². The molecule has 0 atom stereocenters. The fourth-order valence-electron chi connectivity index (χ4n) is 2.46. The van der Waals surface area contributed by atoms with Gasteiger partial charge >= 0.3 is 0 Å². The van der Waals surface area contributed by atoms with Crippen LogP contribution in [0.15, 0.2) is 41.3 Å². The molecule has 1 aliphatic heterocycles. The molecule has 0 spiro atoms. The van der Waals surface area contributed by atoms with E-state index in [0.717, 1.165) is 27.8 Å². The molecule has 134 valence electrons. The minimum atomic E-state index is -0.341. The van der Waals surface area contributed by atoms with E-state index in [1.165, 1.54) is 7.05 Å². The van der Waals surface area contributed by atoms with Crippen molar-refractivity contribution in [3.63, 3.8) is 0 Å². The maximum absolute atomic E-state index is 12.0. The summed E-state index contributed by atoms with van der Waals surface area (Å²) in [7, 11) is 1.45. The number of carbonyl (C=O) groups is 2. The van der Waals surface area contributed by atoms with Crippen molar-refractivity contribution < 1.29 is 14.3 Å². The highest BCUT2D eigenvalue weighted by Crippen LogP contribution is 2.37. The maximum atomic E-state index is 12.0. The largest absolute Gasteiger partial charge is 0.486 e. The van der Waals surface area contributed by atoms with E-state index in [0.29, 0.717) is 32.9 Å². The molecule has 0 unspecified atom stereocenters. The second kappa shape index (κ2) is 7.74. The van der Waals surface area contributed by atoms with Gasteiger partial charge in [-0.25, -0.2) is 0 Å². The summed E-state index contributed by atoms with van der Waals surface area (Å²) >= 11 is 13.5. The average molecular weight is 408 g/mol. The zero-order chi connectivity index (χ0) is 18.8. The molecule has 26 heavy (non-hydrogen) atoms. The molecule has 2 aromatic rings. The highest BCUT2D eigenvalue weighted by atomic mass is 35.5. The standard InChI is InChI=1S/C19H15Cl2NO3S/c1-11-4-3-5-12(6-11)10-25-17-14(20)7-13(8-15(17)21)9-16-18(23)22(2)19(24)26-16/h3-9H,10H2,1-2H3/b16-9-. The van der Waals surface area contributed by atoms with Crippen LogP contribution in [0.3, 0.4) is 0 Å². The second-order valence-electron chi connectivity index (χ2n) is 5.83. The van der Waals surface area contributed by atoms with Gasteiger partial charge in [0.25, 0.3) is 11.1 Å². The number of nitrogens with zero attached hydrogens (tertiary/aromatic N) is 1. The molecule has 7 heteroatoms. The van der Waals surface area contributed by atoms with Gasteiger partial charge in [-0.3, -0.25) is 14.5 Å². The Kier molecular flexibility index (Phi) is 5.61. The Morgan fingerprint density at radius 1 is 1.15 bits per heavy atom. The molecule has 0 aliphatic carbocycles. The second-order valence-corrected chi connectivity index (χ2v) is 7.64. The zero-order valence-corrected chi connectivity index (χ0v) is 16.4. The molecule has 0 radical (unpaired) electrons. The van der Waals surface area contributed by atoms with Crippen LogP contribution >= 0.6 is 35.0 Å². The first-order valence-electron chi connectivity index (χ1n) is 7.74. The van der Waals surface area contributed by atoms with Crippen molar-refractivity contribution in [1.29, 1.82) is 0 Å². The molecule has 1 saturated heterocycles. The lowest BCUT2D eigenvalue weighted by Crippen LogP contribution is -2.22. The lowest BCUT2D eigenvalue weighted by molar-refractivity contribution is -0.121. The van der Waals surface area contributed by atoms with Crippen molar-refractivity contribution in [2.75, 3.05) is 7.05 Å². The lowest BCUT2D eigenvalue weighted by Gasteiger charge is -2.11. The number of carbonyl (C=O) groups excluding carboxylic acids is 2. The van der Waals surface area contributed by atoms with Crippen molar-refractivity contribution >= 4 is 52.2 Å². The summed E-state index contributed by atoms with van der Waals surface area (Å²) in [5, 5.41) is 0.371. The van der Waals surface area contributed by atoms with Crippen LogP contribution in [-0.2, 0) is 11.4 Å². The van der Waals surface area contributed by atoms with Crippen LogP contribution < -0.4 is 4.74 Å². The van der Waals surface area contributed by atoms with Crippen molar-refractivity contribution in [2.45, 2.75) is 13.5 Å². The average Bonchev–Trinajstić information content (AvgIpc) is 2.81.